The molecule has 0 spiro atoms. The molecule has 37 heavy (non-hydrogen) atoms. The number of benzene rings is 1. The van der Waals surface area contributed by atoms with Gasteiger partial charge in [0.15, 0.2) is 12.3 Å². The minimum Gasteiger partial charge on any atom is -0.494 e. The van der Waals surface area contributed by atoms with Gasteiger partial charge in [0.2, 0.25) is 0 Å². The highest BCUT2D eigenvalue weighted by Crippen LogP contribution is 2.40. The van der Waals surface area contributed by atoms with Gasteiger partial charge in [0.1, 0.15) is 5.75 Å². The molecule has 2 aromatic heterocycles. The smallest absolute Gasteiger partial charge is 0.401 e. The van der Waals surface area contributed by atoms with Gasteiger partial charge >= 0.3 is 5.95 Å². The summed E-state index contributed by atoms with van der Waals surface area (Å²) in [5.41, 5.74) is 11.2. The largest absolute Gasteiger partial charge is 0.494 e. The maximum atomic E-state index is 13.7. The Morgan fingerprint density at radius 3 is 2.51 bits per heavy atom. The highest BCUT2D eigenvalue weighted by Gasteiger charge is 2.29. The third kappa shape index (κ3) is 5.07. The van der Waals surface area contributed by atoms with Crippen molar-refractivity contribution in [3.05, 3.63) is 34.4 Å². The Labute approximate surface area is 218 Å². The van der Waals surface area contributed by atoms with Crippen molar-refractivity contribution in [3.63, 3.8) is 0 Å². The summed E-state index contributed by atoms with van der Waals surface area (Å²) in [6.45, 7) is 15.5. The number of ether oxygens (including phenoxy) is 3. The predicted octanol–water partition coefficient (Wildman–Crippen LogP) is 2.89. The van der Waals surface area contributed by atoms with E-state index >= 15 is 0 Å². The van der Waals surface area contributed by atoms with Gasteiger partial charge in [-0.05, 0) is 37.8 Å². The number of aryl methyl sites for hydroxylation is 1. The Morgan fingerprint density at radius 1 is 1.22 bits per heavy atom. The standard InChI is InChI=1S/C27H38N6O4/c1-8-19-17(3)24-29-32(26(28)33(24)30-25(19)37-9-2)16-22(34)18-14-20(27(4,5)6)23(35-7)21(15-18)31-10-12-36-13-11-31/h14-15,28H,8-13,16H2,1-7H3/p+1. The second-order valence-electron chi connectivity index (χ2n) is 10.3. The maximum absolute atomic E-state index is 13.7. The number of Topliss-reactive ketones (excluding diaryl/α,β-unsaturated/α-hetero) is 1. The lowest BCUT2D eigenvalue weighted by Crippen LogP contribution is -2.42. The van der Waals surface area contributed by atoms with Gasteiger partial charge in [-0.2, -0.15) is 0 Å². The lowest BCUT2D eigenvalue weighted by atomic mass is 9.84. The third-order valence-corrected chi connectivity index (χ3v) is 6.82. The van der Waals surface area contributed by atoms with Crippen molar-refractivity contribution in [2.45, 2.75) is 59.9 Å². The zero-order valence-electron chi connectivity index (χ0n) is 23.1. The van der Waals surface area contributed by atoms with Crippen LogP contribution in [0.2, 0.25) is 0 Å². The van der Waals surface area contributed by atoms with Crippen molar-refractivity contribution in [2.24, 2.45) is 0 Å². The van der Waals surface area contributed by atoms with Gasteiger partial charge in [-0.3, -0.25) is 10.5 Å². The van der Waals surface area contributed by atoms with Crippen LogP contribution in [0.5, 0.6) is 11.6 Å². The van der Waals surface area contributed by atoms with Gasteiger partial charge < -0.3 is 19.1 Å². The quantitative estimate of drug-likeness (QED) is 0.363. The van der Waals surface area contributed by atoms with E-state index in [0.717, 1.165) is 47.6 Å². The summed E-state index contributed by atoms with van der Waals surface area (Å²) in [6, 6.07) is 3.85. The number of hydrogen-bond donors (Lipinski definition) is 1. The van der Waals surface area contributed by atoms with Crippen molar-refractivity contribution in [2.75, 3.05) is 50.7 Å². The zero-order valence-corrected chi connectivity index (χ0v) is 23.1. The van der Waals surface area contributed by atoms with E-state index in [0.29, 0.717) is 36.9 Å². The zero-order chi connectivity index (χ0) is 26.9. The van der Waals surface area contributed by atoms with Crippen molar-refractivity contribution in [3.8, 4) is 11.6 Å². The Morgan fingerprint density at radius 2 is 1.92 bits per heavy atom. The molecule has 0 saturated carbocycles. The first-order valence-corrected chi connectivity index (χ1v) is 12.9. The first kappa shape index (κ1) is 26.7. The van der Waals surface area contributed by atoms with Crippen LogP contribution < -0.4 is 24.8 Å². The second kappa shape index (κ2) is 10.5. The molecule has 0 bridgehead atoms. The fourth-order valence-corrected chi connectivity index (χ4v) is 4.80. The van der Waals surface area contributed by atoms with E-state index in [1.54, 1.807) is 11.6 Å². The number of hydrogen-bond acceptors (Lipinski definition) is 8. The van der Waals surface area contributed by atoms with Crippen molar-refractivity contribution in [1.82, 2.24) is 14.7 Å². The normalized spacial score (nSPS) is 14.3. The van der Waals surface area contributed by atoms with Crippen molar-refractivity contribution < 1.29 is 23.7 Å². The molecule has 10 heteroatoms. The molecule has 0 aliphatic carbocycles. The van der Waals surface area contributed by atoms with Crippen LogP contribution in [0.3, 0.4) is 0 Å². The van der Waals surface area contributed by atoms with Crippen LogP contribution in [0.15, 0.2) is 12.1 Å². The predicted molar refractivity (Wildman–Crippen MR) is 142 cm³/mol. The number of aromatic nitrogens is 4. The molecule has 200 valence electrons. The van der Waals surface area contributed by atoms with Gasteiger partial charge in [-0.15, -0.1) is 4.68 Å². The highest BCUT2D eigenvalue weighted by atomic mass is 16.5. The fraction of sp³-hybridized carbons (Fsp3) is 0.556. The van der Waals surface area contributed by atoms with E-state index in [4.69, 9.17) is 19.9 Å². The van der Waals surface area contributed by atoms with E-state index in [2.05, 4.69) is 42.8 Å². The van der Waals surface area contributed by atoms with Crippen molar-refractivity contribution >= 4 is 23.1 Å². The van der Waals surface area contributed by atoms with Gasteiger partial charge in [0.25, 0.3) is 11.5 Å². The number of nitrogens with two attached hydrogens (primary N) is 1. The minimum absolute atomic E-state index is 0.0154. The maximum Gasteiger partial charge on any atom is 0.401 e. The number of nitrogen functional groups attached to an aromatic ring is 1. The Bertz CT molecular complexity index is 1300. The van der Waals surface area contributed by atoms with Crippen LogP contribution in [0.4, 0.5) is 11.6 Å². The van der Waals surface area contributed by atoms with Crippen LogP contribution >= 0.6 is 0 Å². The van der Waals surface area contributed by atoms with Gasteiger partial charge in [-0.25, -0.2) is 0 Å². The van der Waals surface area contributed by atoms with Gasteiger partial charge in [0.05, 0.1) is 32.6 Å². The molecule has 1 aliphatic heterocycles. The van der Waals surface area contributed by atoms with Crippen LogP contribution in [0.1, 0.15) is 61.7 Å². The molecule has 10 nitrogen and oxygen atoms in total. The average Bonchev–Trinajstić information content (AvgIpc) is 3.18. The van der Waals surface area contributed by atoms with E-state index < -0.39 is 0 Å². The molecule has 3 aromatic rings. The molecular formula is C27H39N6O4+. The van der Waals surface area contributed by atoms with E-state index in [-0.39, 0.29) is 23.7 Å². The average molecular weight is 512 g/mol. The summed E-state index contributed by atoms with van der Waals surface area (Å²) >= 11 is 0. The SMILES string of the molecule is CCOc1nn2c(N)[n+](CC(=O)c3cc(N4CCOCC4)c(OC)c(C(C)(C)C)c3)nc2c(C)c1CC. The number of carbonyl (C=O) groups is 1. The topological polar surface area (TPSA) is 108 Å². The molecule has 0 atom stereocenters. The van der Waals surface area contributed by atoms with E-state index in [1.807, 2.05) is 26.0 Å². The summed E-state index contributed by atoms with van der Waals surface area (Å²) in [7, 11) is 1.68. The van der Waals surface area contributed by atoms with Gasteiger partial charge in [0, 0.05) is 35.3 Å². The van der Waals surface area contributed by atoms with E-state index in [1.165, 1.54) is 4.68 Å². The Hall–Kier alpha value is -3.40. The van der Waals surface area contributed by atoms with E-state index in [9.17, 15) is 4.79 Å². The molecule has 3 heterocycles. The molecule has 2 N–H and O–H groups in total. The highest BCUT2D eigenvalue weighted by molar-refractivity contribution is 5.97. The third-order valence-electron chi connectivity index (χ3n) is 6.82. The molecule has 1 fully saturated rings. The van der Waals surface area contributed by atoms with Crippen LogP contribution in [-0.2, 0) is 23.1 Å². The minimum atomic E-state index is -0.231. The number of morpholine rings is 1. The van der Waals surface area contributed by atoms with Gasteiger partial charge in [-0.1, -0.05) is 42.4 Å². The van der Waals surface area contributed by atoms with Crippen LogP contribution in [0, 0.1) is 6.92 Å². The molecule has 1 aromatic carbocycles. The number of methoxy groups -OCH3 is 1. The number of rotatable bonds is 8. The fourth-order valence-electron chi connectivity index (χ4n) is 4.80. The van der Waals surface area contributed by atoms with Crippen LogP contribution in [0.25, 0.3) is 5.65 Å². The summed E-state index contributed by atoms with van der Waals surface area (Å²) in [6.07, 6.45) is 0.752. The van der Waals surface area contributed by atoms with Crippen LogP contribution in [-0.4, -0.2) is 60.5 Å². The molecule has 0 unspecified atom stereocenters. The second-order valence-corrected chi connectivity index (χ2v) is 10.3. The number of anilines is 2. The first-order chi connectivity index (χ1) is 17.6. The number of fused-ring (bicyclic) bond motifs is 1. The Kier molecular flexibility index (Phi) is 7.59. The lowest BCUT2D eigenvalue weighted by Gasteiger charge is -2.33. The molecule has 0 radical (unpaired) electrons. The molecule has 0 amide bonds. The Balaban J connectivity index is 1.77. The van der Waals surface area contributed by atoms with Crippen molar-refractivity contribution in [1.29, 1.82) is 0 Å². The lowest BCUT2D eigenvalue weighted by molar-refractivity contribution is -0.723. The number of ketones is 1. The molecule has 1 aliphatic rings. The number of carbonyl (C=O) groups excluding carboxylic acids is 1. The molecule has 4 rings (SSSR count). The molecule has 1 saturated heterocycles. The first-order valence-electron chi connectivity index (χ1n) is 12.9. The monoisotopic (exact) mass is 511 g/mol. The summed E-state index contributed by atoms with van der Waals surface area (Å²) in [5.74, 6) is 1.51. The summed E-state index contributed by atoms with van der Waals surface area (Å²) < 4.78 is 20.3. The molecular weight excluding hydrogens is 472 g/mol. The summed E-state index contributed by atoms with van der Waals surface area (Å²) in [5, 5.41) is 9.25. The summed E-state index contributed by atoms with van der Waals surface area (Å²) in [4.78, 5) is 15.9. The number of nitrogens with zero attached hydrogens (tertiary/aromatic N) is 5.